The Morgan fingerprint density at radius 3 is 2.05 bits per heavy atom. The molecule has 0 spiro atoms. The lowest BCUT2D eigenvalue weighted by atomic mass is 10.0. The molecular weight excluding hydrogens is 264 g/mol. The molecule has 0 amide bonds. The second-order valence-electron chi connectivity index (χ2n) is 5.23. The molecule has 0 aromatic heterocycles. The highest BCUT2D eigenvalue weighted by Gasteiger charge is 1.98. The monoisotopic (exact) mass is 277 g/mol. The zero-order valence-electron chi connectivity index (χ0n) is 12.0. The highest BCUT2D eigenvalue weighted by molar-refractivity contribution is 5.90. The molecule has 4 aromatic carbocycles. The van der Waals surface area contributed by atoms with Crippen molar-refractivity contribution in [1.29, 1.82) is 0 Å². The van der Waals surface area contributed by atoms with Crippen molar-refractivity contribution in [3.05, 3.63) is 96.1 Å². The lowest BCUT2D eigenvalue weighted by Crippen LogP contribution is -1.81. The van der Waals surface area contributed by atoms with Crippen molar-refractivity contribution < 1.29 is 0 Å². The quantitative estimate of drug-likeness (QED) is 0.388. The molecule has 4 rings (SSSR count). The van der Waals surface area contributed by atoms with Crippen molar-refractivity contribution in [3.8, 4) is 11.8 Å². The van der Waals surface area contributed by atoms with Gasteiger partial charge in [-0.15, -0.1) is 0 Å². The number of benzene rings is 4. The summed E-state index contributed by atoms with van der Waals surface area (Å²) in [4.78, 5) is 0. The summed E-state index contributed by atoms with van der Waals surface area (Å²) in [5.41, 5.74) is 2.11. The van der Waals surface area contributed by atoms with Gasteiger partial charge in [0, 0.05) is 11.1 Å². The third-order valence-electron chi connectivity index (χ3n) is 3.85. The molecule has 22 heavy (non-hydrogen) atoms. The molecule has 4 aromatic rings. The lowest BCUT2D eigenvalue weighted by molar-refractivity contribution is 1.68. The van der Waals surface area contributed by atoms with Crippen LogP contribution in [0.25, 0.3) is 21.5 Å². The Bertz CT molecular complexity index is 936. The van der Waals surface area contributed by atoms with Crippen molar-refractivity contribution in [1.82, 2.24) is 0 Å². The van der Waals surface area contributed by atoms with Gasteiger partial charge in [0.1, 0.15) is 0 Å². The highest BCUT2D eigenvalue weighted by Crippen LogP contribution is 2.19. The normalized spacial score (nSPS) is 10.4. The van der Waals surface area contributed by atoms with Gasteiger partial charge in [-0.3, -0.25) is 0 Å². The van der Waals surface area contributed by atoms with Crippen LogP contribution < -0.4 is 0 Å². The lowest BCUT2D eigenvalue weighted by Gasteiger charge is -2.01. The summed E-state index contributed by atoms with van der Waals surface area (Å²) in [6.07, 6.45) is 0. The molecule has 0 aliphatic heterocycles. The van der Waals surface area contributed by atoms with E-state index >= 15 is 0 Å². The Morgan fingerprint density at radius 1 is 0.591 bits per heavy atom. The largest absolute Gasteiger partial charge is 0.0616 e. The predicted octanol–water partition coefficient (Wildman–Crippen LogP) is 5.19. The van der Waals surface area contributed by atoms with E-state index in [4.69, 9.17) is 0 Å². The Kier molecular flexibility index (Phi) is 3.11. The molecule has 1 radical (unpaired) electrons. The summed E-state index contributed by atoms with van der Waals surface area (Å²) in [5, 5.41) is 4.77. The molecule has 0 saturated heterocycles. The van der Waals surface area contributed by atoms with Gasteiger partial charge in [-0.05, 0) is 45.8 Å². The third-order valence-corrected chi connectivity index (χ3v) is 3.85. The number of hydrogen-bond donors (Lipinski definition) is 0. The van der Waals surface area contributed by atoms with Crippen LogP contribution in [0.3, 0.4) is 0 Å². The molecule has 0 heteroatoms. The van der Waals surface area contributed by atoms with Crippen molar-refractivity contribution in [2.24, 2.45) is 0 Å². The molecule has 0 nitrogen and oxygen atoms in total. The fraction of sp³-hybridized carbons (Fsp3) is 0. The summed E-state index contributed by atoms with van der Waals surface area (Å²) in [5.74, 6) is 6.66. The molecular formula is C22H13. The molecule has 0 fully saturated rings. The zero-order valence-corrected chi connectivity index (χ0v) is 12.0. The second kappa shape index (κ2) is 5.39. The van der Waals surface area contributed by atoms with E-state index in [0.717, 1.165) is 16.5 Å². The van der Waals surface area contributed by atoms with Crippen LogP contribution in [0, 0.1) is 17.9 Å². The fourth-order valence-electron chi connectivity index (χ4n) is 2.74. The smallest absolute Gasteiger partial charge is 0.0327 e. The summed E-state index contributed by atoms with van der Waals surface area (Å²) >= 11 is 0. The summed E-state index contributed by atoms with van der Waals surface area (Å²) in [6, 6.07) is 30.0. The highest BCUT2D eigenvalue weighted by atomic mass is 14.0. The van der Waals surface area contributed by atoms with Gasteiger partial charge >= 0.3 is 0 Å². The maximum Gasteiger partial charge on any atom is 0.0327 e. The van der Waals surface area contributed by atoms with Gasteiger partial charge in [-0.1, -0.05) is 72.5 Å². The van der Waals surface area contributed by atoms with Crippen molar-refractivity contribution in [2.45, 2.75) is 0 Å². The van der Waals surface area contributed by atoms with Crippen LogP contribution in [0.5, 0.6) is 0 Å². The number of hydrogen-bond acceptors (Lipinski definition) is 0. The van der Waals surface area contributed by atoms with Crippen molar-refractivity contribution in [2.75, 3.05) is 0 Å². The molecule has 0 unspecified atom stereocenters. The van der Waals surface area contributed by atoms with Crippen LogP contribution in [-0.4, -0.2) is 0 Å². The molecule has 0 bridgehead atoms. The molecule has 0 aliphatic rings. The minimum atomic E-state index is 1.04. The molecule has 0 N–H and O–H groups in total. The van der Waals surface area contributed by atoms with E-state index in [1.54, 1.807) is 0 Å². The van der Waals surface area contributed by atoms with Crippen LogP contribution in [0.4, 0.5) is 0 Å². The molecule has 0 heterocycles. The first kappa shape index (κ1) is 12.7. The second-order valence-corrected chi connectivity index (χ2v) is 5.23. The Labute approximate surface area is 130 Å². The fourth-order valence-corrected chi connectivity index (χ4v) is 2.74. The van der Waals surface area contributed by atoms with Crippen LogP contribution in [0.1, 0.15) is 11.1 Å². The van der Waals surface area contributed by atoms with E-state index in [1.807, 2.05) is 12.1 Å². The first-order valence-electron chi connectivity index (χ1n) is 7.30. The minimum absolute atomic E-state index is 1.04. The van der Waals surface area contributed by atoms with Crippen LogP contribution in [0.15, 0.2) is 78.9 Å². The van der Waals surface area contributed by atoms with E-state index in [1.165, 1.54) is 16.2 Å². The van der Waals surface area contributed by atoms with Gasteiger partial charge in [0.2, 0.25) is 0 Å². The third kappa shape index (κ3) is 2.24. The molecule has 0 aliphatic carbocycles. The SMILES string of the molecule is C(#Cc1cccc2ccccc12)c1cccc2cc[c]cc12. The van der Waals surface area contributed by atoms with E-state index in [9.17, 15) is 0 Å². The minimum Gasteiger partial charge on any atom is -0.0616 e. The molecule has 101 valence electrons. The van der Waals surface area contributed by atoms with Gasteiger partial charge in [-0.25, -0.2) is 0 Å². The first-order valence-corrected chi connectivity index (χ1v) is 7.30. The zero-order chi connectivity index (χ0) is 14.8. The van der Waals surface area contributed by atoms with Gasteiger partial charge < -0.3 is 0 Å². The van der Waals surface area contributed by atoms with Crippen molar-refractivity contribution in [3.63, 3.8) is 0 Å². The Balaban J connectivity index is 1.88. The number of rotatable bonds is 0. The molecule has 0 saturated carbocycles. The summed E-state index contributed by atoms with van der Waals surface area (Å²) < 4.78 is 0. The van der Waals surface area contributed by atoms with E-state index in [-0.39, 0.29) is 0 Å². The van der Waals surface area contributed by atoms with Crippen LogP contribution in [0.2, 0.25) is 0 Å². The maximum atomic E-state index is 3.33. The van der Waals surface area contributed by atoms with E-state index < -0.39 is 0 Å². The first-order chi connectivity index (χ1) is 10.9. The standard InChI is InChI=1S/C22H13/c1-3-13-21-17(7-1)9-5-11-19(21)15-16-20-12-6-10-18-8-2-4-14-22(18)20/h1-3,5-14H. The van der Waals surface area contributed by atoms with Gasteiger partial charge in [-0.2, -0.15) is 0 Å². The van der Waals surface area contributed by atoms with Gasteiger partial charge in [0.25, 0.3) is 0 Å². The van der Waals surface area contributed by atoms with Crippen molar-refractivity contribution >= 4 is 21.5 Å². The van der Waals surface area contributed by atoms with Crippen LogP contribution >= 0.6 is 0 Å². The van der Waals surface area contributed by atoms with Crippen LogP contribution in [-0.2, 0) is 0 Å². The predicted molar refractivity (Wildman–Crippen MR) is 92.7 cm³/mol. The average Bonchev–Trinajstić information content (AvgIpc) is 2.60. The van der Waals surface area contributed by atoms with Gasteiger partial charge in [0.05, 0.1) is 0 Å². The molecule has 0 atom stereocenters. The maximum absolute atomic E-state index is 3.33. The summed E-state index contributed by atoms with van der Waals surface area (Å²) in [6.45, 7) is 0. The Morgan fingerprint density at radius 2 is 1.23 bits per heavy atom. The topological polar surface area (TPSA) is 0 Å². The van der Waals surface area contributed by atoms with E-state index in [0.29, 0.717) is 0 Å². The van der Waals surface area contributed by atoms with Gasteiger partial charge in [0.15, 0.2) is 0 Å². The van der Waals surface area contributed by atoms with E-state index in [2.05, 4.69) is 84.6 Å². The summed E-state index contributed by atoms with van der Waals surface area (Å²) in [7, 11) is 0. The Hall–Kier alpha value is -3.04. The number of fused-ring (bicyclic) bond motifs is 2. The average molecular weight is 277 g/mol.